The number of nitro groups is 1. The van der Waals surface area contributed by atoms with Crippen LogP contribution < -0.4 is 0 Å². The summed E-state index contributed by atoms with van der Waals surface area (Å²) in [6.45, 7) is 0. The molecule has 72 valence electrons. The second-order valence-electron chi connectivity index (χ2n) is 2.64. The first-order valence-corrected chi connectivity index (χ1v) is 5.24. The lowest BCUT2D eigenvalue weighted by Gasteiger charge is -1.95. The van der Waals surface area contributed by atoms with Crippen LogP contribution in [0.4, 0.5) is 5.69 Å². The number of fused-ring (bicyclic) bond motifs is 1. The molecule has 0 amide bonds. The van der Waals surface area contributed by atoms with E-state index >= 15 is 0 Å². The van der Waals surface area contributed by atoms with Crippen molar-refractivity contribution in [3.63, 3.8) is 0 Å². The van der Waals surface area contributed by atoms with E-state index in [2.05, 4.69) is 0 Å². The van der Waals surface area contributed by atoms with Crippen molar-refractivity contribution in [2.75, 3.05) is 0 Å². The fourth-order valence-corrected chi connectivity index (χ4v) is 2.88. The predicted molar refractivity (Wildman–Crippen MR) is 58.5 cm³/mol. The van der Waals surface area contributed by atoms with Crippen molar-refractivity contribution in [3.05, 3.63) is 37.7 Å². The minimum atomic E-state index is -0.446. The van der Waals surface area contributed by atoms with Crippen LogP contribution in [0.2, 0.25) is 10.0 Å². The van der Waals surface area contributed by atoms with E-state index < -0.39 is 4.92 Å². The van der Waals surface area contributed by atoms with E-state index in [4.69, 9.17) is 23.2 Å². The Morgan fingerprint density at radius 1 is 1.36 bits per heavy atom. The molecular formula is C8H3Cl2NO2S. The van der Waals surface area contributed by atoms with E-state index in [1.807, 2.05) is 0 Å². The molecule has 2 rings (SSSR count). The molecule has 3 nitrogen and oxygen atoms in total. The molecule has 0 aliphatic heterocycles. The molecule has 0 radical (unpaired) electrons. The number of hydrogen-bond acceptors (Lipinski definition) is 3. The molecule has 0 N–H and O–H groups in total. The van der Waals surface area contributed by atoms with Gasteiger partial charge in [0.1, 0.15) is 0 Å². The third-order valence-corrected chi connectivity index (χ3v) is 3.20. The lowest BCUT2D eigenvalue weighted by molar-refractivity contribution is -0.382. The molecule has 6 heteroatoms. The molecule has 0 aliphatic rings. The fourth-order valence-electron chi connectivity index (χ4n) is 1.20. The molecule has 1 aromatic carbocycles. The summed E-state index contributed by atoms with van der Waals surface area (Å²) in [5, 5.41) is 13.4. The Kier molecular flexibility index (Phi) is 2.34. The number of nitrogens with zero attached hydrogens (tertiary/aromatic N) is 1. The Morgan fingerprint density at radius 3 is 2.71 bits per heavy atom. The van der Waals surface area contributed by atoms with E-state index in [-0.39, 0.29) is 5.69 Å². The van der Waals surface area contributed by atoms with Gasteiger partial charge in [0.2, 0.25) is 0 Å². The second-order valence-corrected chi connectivity index (χ2v) is 4.39. The van der Waals surface area contributed by atoms with Crippen molar-refractivity contribution < 1.29 is 4.92 Å². The topological polar surface area (TPSA) is 43.1 Å². The van der Waals surface area contributed by atoms with Crippen LogP contribution in [0.5, 0.6) is 0 Å². The molecule has 0 atom stereocenters. The lowest BCUT2D eigenvalue weighted by Crippen LogP contribution is -1.85. The van der Waals surface area contributed by atoms with E-state index in [0.29, 0.717) is 15.4 Å². The second kappa shape index (κ2) is 3.38. The zero-order chi connectivity index (χ0) is 10.3. The van der Waals surface area contributed by atoms with Gasteiger partial charge in [-0.2, -0.15) is 0 Å². The van der Waals surface area contributed by atoms with Gasteiger partial charge in [-0.25, -0.2) is 0 Å². The maximum Gasteiger partial charge on any atom is 0.289 e. The van der Waals surface area contributed by atoms with Crippen LogP contribution in [-0.2, 0) is 0 Å². The minimum Gasteiger partial charge on any atom is -0.258 e. The van der Waals surface area contributed by atoms with Crippen LogP contribution in [0.1, 0.15) is 0 Å². The van der Waals surface area contributed by atoms with Crippen LogP contribution in [0.25, 0.3) is 10.1 Å². The summed E-state index contributed by atoms with van der Waals surface area (Å²) in [6, 6.07) is 3.17. The van der Waals surface area contributed by atoms with Gasteiger partial charge in [-0.3, -0.25) is 10.1 Å². The largest absolute Gasteiger partial charge is 0.289 e. The fraction of sp³-hybridized carbons (Fsp3) is 0. The molecule has 2 aromatic rings. The number of benzene rings is 1. The monoisotopic (exact) mass is 247 g/mol. The molecule has 0 spiro atoms. The lowest BCUT2D eigenvalue weighted by atomic mass is 10.2. The SMILES string of the molecule is O=[N+]([O-])c1csc2cc(Cl)cc(Cl)c12. The van der Waals surface area contributed by atoms with Crippen molar-refractivity contribution in [3.8, 4) is 0 Å². The van der Waals surface area contributed by atoms with Crippen molar-refractivity contribution in [2.45, 2.75) is 0 Å². The highest BCUT2D eigenvalue weighted by Crippen LogP contribution is 2.38. The molecule has 0 fully saturated rings. The quantitative estimate of drug-likeness (QED) is 0.562. The highest BCUT2D eigenvalue weighted by molar-refractivity contribution is 7.17. The van der Waals surface area contributed by atoms with Gasteiger partial charge in [-0.1, -0.05) is 23.2 Å². The Bertz CT molecular complexity index is 523. The van der Waals surface area contributed by atoms with E-state index in [9.17, 15) is 10.1 Å². The number of thiophene rings is 1. The van der Waals surface area contributed by atoms with Crippen molar-refractivity contribution in [1.29, 1.82) is 0 Å². The Labute approximate surface area is 93.0 Å². The summed E-state index contributed by atoms with van der Waals surface area (Å²) >= 11 is 12.9. The summed E-state index contributed by atoms with van der Waals surface area (Å²) in [5.74, 6) is 0. The maximum atomic E-state index is 10.6. The summed E-state index contributed by atoms with van der Waals surface area (Å²) in [5.41, 5.74) is 0.0340. The normalized spacial score (nSPS) is 10.7. The standard InChI is InChI=1S/C8H3Cl2NO2S/c9-4-1-5(10)8-6(11(12)13)3-14-7(8)2-4/h1-3H. The van der Waals surface area contributed by atoms with Gasteiger partial charge in [-0.05, 0) is 12.1 Å². The molecule has 14 heavy (non-hydrogen) atoms. The van der Waals surface area contributed by atoms with E-state index in [1.54, 1.807) is 6.07 Å². The molecule has 1 heterocycles. The van der Waals surface area contributed by atoms with Crippen molar-refractivity contribution in [2.24, 2.45) is 0 Å². The third kappa shape index (κ3) is 1.45. The van der Waals surface area contributed by atoms with Crippen LogP contribution in [0, 0.1) is 10.1 Å². The first-order valence-electron chi connectivity index (χ1n) is 3.60. The Balaban J connectivity index is 2.85. The van der Waals surface area contributed by atoms with Gasteiger partial charge in [0.25, 0.3) is 5.69 Å². The van der Waals surface area contributed by atoms with Gasteiger partial charge in [0.15, 0.2) is 0 Å². The summed E-state index contributed by atoms with van der Waals surface area (Å²) in [4.78, 5) is 10.2. The first-order chi connectivity index (χ1) is 6.59. The number of rotatable bonds is 1. The highest BCUT2D eigenvalue weighted by atomic mass is 35.5. The van der Waals surface area contributed by atoms with Gasteiger partial charge in [0, 0.05) is 9.72 Å². The molecule has 0 unspecified atom stereocenters. The summed E-state index contributed by atoms with van der Waals surface area (Å²) in [6.07, 6.45) is 0. The molecule has 0 saturated carbocycles. The van der Waals surface area contributed by atoms with E-state index in [1.165, 1.54) is 22.8 Å². The molecule has 0 saturated heterocycles. The van der Waals surface area contributed by atoms with Crippen LogP contribution in [-0.4, -0.2) is 4.92 Å². The molecule has 1 aromatic heterocycles. The highest BCUT2D eigenvalue weighted by Gasteiger charge is 2.17. The maximum absolute atomic E-state index is 10.6. The minimum absolute atomic E-state index is 0.0340. The van der Waals surface area contributed by atoms with E-state index in [0.717, 1.165) is 4.70 Å². The van der Waals surface area contributed by atoms with Gasteiger partial charge >= 0.3 is 0 Å². The molecule has 0 bridgehead atoms. The van der Waals surface area contributed by atoms with Crippen LogP contribution in [0.3, 0.4) is 0 Å². The average Bonchev–Trinajstić information content (AvgIpc) is 2.47. The van der Waals surface area contributed by atoms with Crippen molar-refractivity contribution in [1.82, 2.24) is 0 Å². The zero-order valence-electron chi connectivity index (χ0n) is 6.66. The van der Waals surface area contributed by atoms with Crippen LogP contribution in [0.15, 0.2) is 17.5 Å². The first kappa shape index (κ1) is 9.71. The summed E-state index contributed by atoms with van der Waals surface area (Å²) in [7, 11) is 0. The molecule has 0 aliphatic carbocycles. The van der Waals surface area contributed by atoms with Crippen LogP contribution >= 0.6 is 34.5 Å². The van der Waals surface area contributed by atoms with Crippen molar-refractivity contribution >= 4 is 50.3 Å². The summed E-state index contributed by atoms with van der Waals surface area (Å²) < 4.78 is 0.731. The Hall–Kier alpha value is -0.840. The predicted octanol–water partition coefficient (Wildman–Crippen LogP) is 4.12. The number of halogens is 2. The smallest absolute Gasteiger partial charge is 0.258 e. The third-order valence-electron chi connectivity index (χ3n) is 1.77. The average molecular weight is 248 g/mol. The Morgan fingerprint density at radius 2 is 2.07 bits per heavy atom. The van der Waals surface area contributed by atoms with Gasteiger partial charge < -0.3 is 0 Å². The van der Waals surface area contributed by atoms with Gasteiger partial charge in [-0.15, -0.1) is 11.3 Å². The zero-order valence-corrected chi connectivity index (χ0v) is 8.99. The molecular weight excluding hydrogens is 245 g/mol. The van der Waals surface area contributed by atoms with Gasteiger partial charge in [0.05, 0.1) is 20.7 Å². The number of hydrogen-bond donors (Lipinski definition) is 0.